The summed E-state index contributed by atoms with van der Waals surface area (Å²) in [6.45, 7) is 4.04. The van der Waals surface area contributed by atoms with Crippen LogP contribution in [0, 0.1) is 0 Å². The van der Waals surface area contributed by atoms with Crippen LogP contribution >= 0.6 is 24.0 Å². The number of hydrogen-bond acceptors (Lipinski definition) is 3. The molecule has 5 heteroatoms. The molecule has 1 N–H and O–H groups in total. The number of nitrogens with one attached hydrogen (secondary N) is 1. The monoisotopic (exact) mass is 359 g/mol. The predicted molar refractivity (Wildman–Crippen MR) is 105 cm³/mol. The van der Waals surface area contributed by atoms with E-state index in [1.54, 1.807) is 0 Å². The van der Waals surface area contributed by atoms with Crippen LogP contribution in [0.25, 0.3) is 22.2 Å². The molecule has 3 aromatic rings. The van der Waals surface area contributed by atoms with Crippen molar-refractivity contribution in [2.75, 3.05) is 31.1 Å². The molecule has 1 aliphatic heterocycles. The Morgan fingerprint density at radius 2 is 1.71 bits per heavy atom. The van der Waals surface area contributed by atoms with Crippen LogP contribution in [0.1, 0.15) is 0 Å². The Morgan fingerprint density at radius 3 is 2.46 bits per heavy atom. The van der Waals surface area contributed by atoms with Crippen molar-refractivity contribution in [2.45, 2.75) is 0 Å². The fourth-order valence-corrected chi connectivity index (χ4v) is 3.27. The summed E-state index contributed by atoms with van der Waals surface area (Å²) < 4.78 is 0. The molecule has 0 saturated carbocycles. The van der Waals surface area contributed by atoms with Crippen LogP contribution in [0.4, 0.5) is 5.69 Å². The van der Waals surface area contributed by atoms with Crippen molar-refractivity contribution in [3.8, 4) is 11.3 Å². The van der Waals surface area contributed by atoms with E-state index in [1.807, 2.05) is 30.3 Å². The van der Waals surface area contributed by atoms with Crippen molar-refractivity contribution >= 4 is 40.6 Å². The topological polar surface area (TPSA) is 28.2 Å². The van der Waals surface area contributed by atoms with E-state index in [9.17, 15) is 0 Å². The number of aromatic nitrogens is 1. The lowest BCUT2D eigenvalue weighted by Crippen LogP contribution is -2.43. The van der Waals surface area contributed by atoms with Crippen molar-refractivity contribution in [3.63, 3.8) is 0 Å². The molecule has 3 nitrogen and oxygen atoms in total. The van der Waals surface area contributed by atoms with E-state index in [-0.39, 0.29) is 12.4 Å². The Labute approximate surface area is 153 Å². The fourth-order valence-electron chi connectivity index (χ4n) is 3.11. The maximum atomic E-state index is 6.19. The average molecular weight is 360 g/mol. The quantitative estimate of drug-likeness (QED) is 0.735. The summed E-state index contributed by atoms with van der Waals surface area (Å²) in [5, 5.41) is 5.30. The molecule has 0 unspecified atom stereocenters. The van der Waals surface area contributed by atoms with Gasteiger partial charge in [0.2, 0.25) is 0 Å². The van der Waals surface area contributed by atoms with Gasteiger partial charge in [-0.1, -0.05) is 41.9 Å². The van der Waals surface area contributed by atoms with Gasteiger partial charge in [0.1, 0.15) is 0 Å². The lowest BCUT2D eigenvalue weighted by Gasteiger charge is -2.30. The fraction of sp³-hybridized carbons (Fsp3) is 0.211. The number of benzene rings is 2. The number of piperazine rings is 1. The second-order valence-electron chi connectivity index (χ2n) is 5.79. The Morgan fingerprint density at radius 1 is 0.958 bits per heavy atom. The molecule has 2 heterocycles. The summed E-state index contributed by atoms with van der Waals surface area (Å²) in [7, 11) is 0. The average Bonchev–Trinajstić information content (AvgIpc) is 2.62. The summed E-state index contributed by atoms with van der Waals surface area (Å²) >= 11 is 6.19. The lowest BCUT2D eigenvalue weighted by atomic mass is 10.1. The number of nitrogens with zero attached hydrogens (tertiary/aromatic N) is 2. The standard InChI is InChI=1S/C19H18ClN3.ClH/c20-15-6-7-16-18(12-15)22-17(14-4-2-1-3-5-14)13-19(16)23-10-8-21-9-11-23;/h1-7,12-13,21H,8-11H2;1H. The molecule has 1 aromatic heterocycles. The minimum absolute atomic E-state index is 0. The summed E-state index contributed by atoms with van der Waals surface area (Å²) in [6.07, 6.45) is 0. The highest BCUT2D eigenvalue weighted by atomic mass is 35.5. The second kappa shape index (κ2) is 7.39. The third-order valence-corrected chi connectivity index (χ3v) is 4.51. The summed E-state index contributed by atoms with van der Waals surface area (Å²) in [5.41, 5.74) is 4.32. The number of halogens is 2. The van der Waals surface area contributed by atoms with Crippen LogP contribution in [-0.4, -0.2) is 31.2 Å². The van der Waals surface area contributed by atoms with Crippen molar-refractivity contribution in [1.82, 2.24) is 10.3 Å². The normalized spacial score (nSPS) is 14.5. The van der Waals surface area contributed by atoms with Gasteiger partial charge in [-0.05, 0) is 24.3 Å². The van der Waals surface area contributed by atoms with E-state index >= 15 is 0 Å². The first kappa shape index (κ1) is 17.0. The first-order chi connectivity index (χ1) is 11.3. The molecule has 0 spiro atoms. The molecule has 1 aliphatic rings. The van der Waals surface area contributed by atoms with Gasteiger partial charge in [-0.25, -0.2) is 4.98 Å². The van der Waals surface area contributed by atoms with Gasteiger partial charge in [0, 0.05) is 47.8 Å². The van der Waals surface area contributed by atoms with Crippen LogP contribution in [0.15, 0.2) is 54.6 Å². The zero-order chi connectivity index (χ0) is 15.6. The zero-order valence-electron chi connectivity index (χ0n) is 13.2. The van der Waals surface area contributed by atoms with Crippen LogP contribution in [0.5, 0.6) is 0 Å². The van der Waals surface area contributed by atoms with E-state index < -0.39 is 0 Å². The van der Waals surface area contributed by atoms with Gasteiger partial charge < -0.3 is 10.2 Å². The molecule has 4 rings (SSSR count). The zero-order valence-corrected chi connectivity index (χ0v) is 14.8. The number of fused-ring (bicyclic) bond motifs is 1. The van der Waals surface area contributed by atoms with Gasteiger partial charge in [-0.2, -0.15) is 0 Å². The van der Waals surface area contributed by atoms with Gasteiger partial charge in [-0.15, -0.1) is 12.4 Å². The molecule has 2 aromatic carbocycles. The highest BCUT2D eigenvalue weighted by Gasteiger charge is 2.16. The summed E-state index contributed by atoms with van der Waals surface area (Å²) in [6, 6.07) is 18.5. The minimum Gasteiger partial charge on any atom is -0.368 e. The molecule has 0 bridgehead atoms. The smallest absolute Gasteiger partial charge is 0.0745 e. The van der Waals surface area contributed by atoms with Gasteiger partial charge in [-0.3, -0.25) is 0 Å². The highest BCUT2D eigenvalue weighted by Crippen LogP contribution is 2.32. The molecule has 1 saturated heterocycles. The third kappa shape index (κ3) is 3.34. The van der Waals surface area contributed by atoms with Crippen LogP contribution in [-0.2, 0) is 0 Å². The maximum Gasteiger partial charge on any atom is 0.0745 e. The molecular weight excluding hydrogens is 341 g/mol. The van der Waals surface area contributed by atoms with E-state index in [4.69, 9.17) is 16.6 Å². The van der Waals surface area contributed by atoms with Gasteiger partial charge in [0.25, 0.3) is 0 Å². The van der Waals surface area contributed by atoms with E-state index in [0.717, 1.165) is 53.4 Å². The van der Waals surface area contributed by atoms with Crippen molar-refractivity contribution < 1.29 is 0 Å². The molecule has 0 amide bonds. The van der Waals surface area contributed by atoms with Gasteiger partial charge in [0.05, 0.1) is 11.2 Å². The molecule has 0 radical (unpaired) electrons. The third-order valence-electron chi connectivity index (χ3n) is 4.28. The van der Waals surface area contributed by atoms with E-state index in [2.05, 4.69) is 34.5 Å². The minimum atomic E-state index is 0. The van der Waals surface area contributed by atoms with Crippen LogP contribution in [0.2, 0.25) is 5.02 Å². The summed E-state index contributed by atoms with van der Waals surface area (Å²) in [4.78, 5) is 7.27. The summed E-state index contributed by atoms with van der Waals surface area (Å²) in [5.74, 6) is 0. The Balaban J connectivity index is 0.00000169. The van der Waals surface area contributed by atoms with Gasteiger partial charge >= 0.3 is 0 Å². The van der Waals surface area contributed by atoms with Crippen LogP contribution in [0.3, 0.4) is 0 Å². The predicted octanol–water partition coefficient (Wildman–Crippen LogP) is 4.39. The Kier molecular flexibility index (Phi) is 5.24. The number of rotatable bonds is 2. The molecule has 0 aliphatic carbocycles. The van der Waals surface area contributed by atoms with Crippen LogP contribution < -0.4 is 10.2 Å². The maximum absolute atomic E-state index is 6.19. The van der Waals surface area contributed by atoms with Crippen molar-refractivity contribution in [1.29, 1.82) is 0 Å². The number of hydrogen-bond donors (Lipinski definition) is 1. The molecule has 124 valence electrons. The molecule has 0 atom stereocenters. The molecular formula is C19H19Cl2N3. The molecule has 1 fully saturated rings. The van der Waals surface area contributed by atoms with Crippen molar-refractivity contribution in [3.05, 3.63) is 59.6 Å². The first-order valence-electron chi connectivity index (χ1n) is 7.93. The SMILES string of the molecule is Cl.Clc1ccc2c(N3CCNCC3)cc(-c3ccccc3)nc2c1. The highest BCUT2D eigenvalue weighted by molar-refractivity contribution is 6.31. The first-order valence-corrected chi connectivity index (χ1v) is 8.30. The number of pyridine rings is 1. The Bertz CT molecular complexity index is 831. The van der Waals surface area contributed by atoms with E-state index in [0.29, 0.717) is 0 Å². The Hall–Kier alpha value is -1.81. The largest absolute Gasteiger partial charge is 0.368 e. The number of anilines is 1. The van der Waals surface area contributed by atoms with Crippen molar-refractivity contribution in [2.24, 2.45) is 0 Å². The van der Waals surface area contributed by atoms with E-state index in [1.165, 1.54) is 5.69 Å². The van der Waals surface area contributed by atoms with Gasteiger partial charge in [0.15, 0.2) is 0 Å². The lowest BCUT2D eigenvalue weighted by molar-refractivity contribution is 0.590. The molecule has 24 heavy (non-hydrogen) atoms. The second-order valence-corrected chi connectivity index (χ2v) is 6.23.